The zero-order valence-electron chi connectivity index (χ0n) is 12.0. The molecule has 6 heteroatoms. The number of ether oxygens (including phenoxy) is 1. The van der Waals surface area contributed by atoms with Crippen molar-refractivity contribution in [1.29, 1.82) is 0 Å². The number of benzene rings is 2. The molecule has 0 saturated heterocycles. The first kappa shape index (κ1) is 15.2. The molecule has 0 radical (unpaired) electrons. The van der Waals surface area contributed by atoms with Crippen molar-refractivity contribution in [1.82, 2.24) is 9.97 Å². The van der Waals surface area contributed by atoms with Crippen molar-refractivity contribution >= 4 is 17.4 Å². The third-order valence-electron chi connectivity index (χ3n) is 3.07. The molecule has 0 aliphatic rings. The Balaban J connectivity index is 1.59. The fraction of sp³-hybridized carbons (Fsp3) is 0.0588. The van der Waals surface area contributed by atoms with Gasteiger partial charge in [0.1, 0.15) is 23.1 Å². The van der Waals surface area contributed by atoms with Crippen LogP contribution >= 0.6 is 11.6 Å². The van der Waals surface area contributed by atoms with Crippen LogP contribution in [0.5, 0.6) is 11.5 Å². The van der Waals surface area contributed by atoms with E-state index >= 15 is 0 Å². The van der Waals surface area contributed by atoms with Gasteiger partial charge in [0.15, 0.2) is 0 Å². The van der Waals surface area contributed by atoms with E-state index in [4.69, 9.17) is 16.3 Å². The predicted octanol–water partition coefficient (Wildman–Crippen LogP) is 4.67. The molecule has 1 heterocycles. The molecule has 0 unspecified atom stereocenters. The molecule has 3 aromatic rings. The largest absolute Gasteiger partial charge is 0.457 e. The average molecular weight is 330 g/mol. The monoisotopic (exact) mass is 329 g/mol. The molecule has 0 spiro atoms. The molecule has 116 valence electrons. The van der Waals surface area contributed by atoms with Gasteiger partial charge in [-0.3, -0.25) is 0 Å². The van der Waals surface area contributed by atoms with E-state index in [0.717, 1.165) is 5.56 Å². The minimum absolute atomic E-state index is 0.207. The Morgan fingerprint density at radius 2 is 1.61 bits per heavy atom. The van der Waals surface area contributed by atoms with Gasteiger partial charge in [-0.05, 0) is 59.6 Å². The third-order valence-corrected chi connectivity index (χ3v) is 3.25. The first-order chi connectivity index (χ1) is 11.2. The van der Waals surface area contributed by atoms with Crippen LogP contribution in [0.2, 0.25) is 5.28 Å². The Labute approximate surface area is 137 Å². The number of rotatable bonds is 5. The highest BCUT2D eigenvalue weighted by Crippen LogP contribution is 2.22. The Kier molecular flexibility index (Phi) is 4.68. The molecule has 0 saturated carbocycles. The first-order valence-corrected chi connectivity index (χ1v) is 7.32. The maximum absolute atomic E-state index is 12.8. The van der Waals surface area contributed by atoms with E-state index in [1.807, 2.05) is 24.3 Å². The number of hydrogen-bond donors (Lipinski definition) is 1. The van der Waals surface area contributed by atoms with E-state index in [9.17, 15) is 4.39 Å². The number of aromatic nitrogens is 2. The maximum atomic E-state index is 12.8. The summed E-state index contributed by atoms with van der Waals surface area (Å²) in [6.45, 7) is 0.601. The summed E-state index contributed by atoms with van der Waals surface area (Å²) in [6.07, 6.45) is 1.59. The van der Waals surface area contributed by atoms with E-state index in [1.54, 1.807) is 24.4 Å². The minimum Gasteiger partial charge on any atom is -0.457 e. The van der Waals surface area contributed by atoms with Crippen LogP contribution in [0.25, 0.3) is 0 Å². The van der Waals surface area contributed by atoms with Crippen molar-refractivity contribution in [3.63, 3.8) is 0 Å². The second kappa shape index (κ2) is 7.07. The molecular formula is C17H13ClFN3O. The lowest BCUT2D eigenvalue weighted by Crippen LogP contribution is -2.01. The quantitative estimate of drug-likeness (QED) is 0.691. The van der Waals surface area contributed by atoms with Crippen molar-refractivity contribution in [3.8, 4) is 11.5 Å². The van der Waals surface area contributed by atoms with E-state index in [1.165, 1.54) is 12.1 Å². The van der Waals surface area contributed by atoms with Gasteiger partial charge < -0.3 is 10.1 Å². The Morgan fingerprint density at radius 3 is 2.26 bits per heavy atom. The lowest BCUT2D eigenvalue weighted by Gasteiger charge is -2.08. The zero-order valence-corrected chi connectivity index (χ0v) is 12.8. The van der Waals surface area contributed by atoms with Gasteiger partial charge in [-0.15, -0.1) is 0 Å². The van der Waals surface area contributed by atoms with Crippen LogP contribution in [-0.2, 0) is 6.54 Å². The van der Waals surface area contributed by atoms with Crippen LogP contribution in [0.3, 0.4) is 0 Å². The average Bonchev–Trinajstić information content (AvgIpc) is 2.56. The summed E-state index contributed by atoms with van der Waals surface area (Å²) in [5, 5.41) is 3.37. The lowest BCUT2D eigenvalue weighted by atomic mass is 10.2. The molecule has 23 heavy (non-hydrogen) atoms. The van der Waals surface area contributed by atoms with Crippen LogP contribution in [0.15, 0.2) is 60.8 Å². The van der Waals surface area contributed by atoms with Crippen LogP contribution < -0.4 is 10.1 Å². The molecule has 0 aliphatic carbocycles. The van der Waals surface area contributed by atoms with E-state index in [2.05, 4.69) is 15.3 Å². The molecule has 3 rings (SSSR count). The third kappa shape index (κ3) is 4.40. The predicted molar refractivity (Wildman–Crippen MR) is 87.3 cm³/mol. The van der Waals surface area contributed by atoms with Crippen molar-refractivity contribution in [2.24, 2.45) is 0 Å². The highest BCUT2D eigenvalue weighted by Gasteiger charge is 2.00. The molecule has 0 bridgehead atoms. The van der Waals surface area contributed by atoms with E-state index in [-0.39, 0.29) is 11.1 Å². The molecule has 1 aromatic heterocycles. The summed E-state index contributed by atoms with van der Waals surface area (Å²) < 4.78 is 18.5. The minimum atomic E-state index is -0.288. The van der Waals surface area contributed by atoms with Gasteiger partial charge in [0.05, 0.1) is 0 Å². The van der Waals surface area contributed by atoms with Crippen LogP contribution in [-0.4, -0.2) is 9.97 Å². The Hall–Kier alpha value is -2.66. The normalized spacial score (nSPS) is 10.3. The van der Waals surface area contributed by atoms with Crippen molar-refractivity contribution < 1.29 is 9.13 Å². The zero-order chi connectivity index (χ0) is 16.1. The number of nitrogens with one attached hydrogen (secondary N) is 1. The van der Waals surface area contributed by atoms with Crippen molar-refractivity contribution in [2.75, 3.05) is 5.32 Å². The summed E-state index contributed by atoms with van der Waals surface area (Å²) in [6, 6.07) is 15.2. The molecule has 0 atom stereocenters. The number of anilines is 1. The molecule has 1 N–H and O–H groups in total. The number of hydrogen-bond acceptors (Lipinski definition) is 4. The summed E-state index contributed by atoms with van der Waals surface area (Å²) in [7, 11) is 0. The Morgan fingerprint density at radius 1 is 0.957 bits per heavy atom. The topological polar surface area (TPSA) is 47.0 Å². The van der Waals surface area contributed by atoms with Gasteiger partial charge in [0.25, 0.3) is 0 Å². The van der Waals surface area contributed by atoms with Gasteiger partial charge in [0.2, 0.25) is 5.28 Å². The molecule has 2 aromatic carbocycles. The van der Waals surface area contributed by atoms with Crippen molar-refractivity contribution in [2.45, 2.75) is 6.54 Å². The van der Waals surface area contributed by atoms with Gasteiger partial charge in [0, 0.05) is 12.7 Å². The Bertz CT molecular complexity index is 779. The molecule has 0 aliphatic heterocycles. The number of halogens is 2. The van der Waals surface area contributed by atoms with Crippen molar-refractivity contribution in [3.05, 3.63) is 77.5 Å². The molecule has 0 fully saturated rings. The summed E-state index contributed by atoms with van der Waals surface area (Å²) in [5.41, 5.74) is 1.06. The van der Waals surface area contributed by atoms with Gasteiger partial charge in [-0.1, -0.05) is 12.1 Å². The molecule has 4 nitrogen and oxygen atoms in total. The highest BCUT2D eigenvalue weighted by atomic mass is 35.5. The second-order valence-corrected chi connectivity index (χ2v) is 5.10. The second-order valence-electron chi connectivity index (χ2n) is 4.76. The first-order valence-electron chi connectivity index (χ1n) is 6.94. The SMILES string of the molecule is Fc1ccc(Oc2ccc(CNc3ccnc(Cl)n3)cc2)cc1. The molecular weight excluding hydrogens is 317 g/mol. The molecule has 0 amide bonds. The standard InChI is InChI=1S/C17H13ClFN3O/c18-17-20-10-9-16(22-17)21-11-12-1-5-14(6-2-12)23-15-7-3-13(19)4-8-15/h1-10H,11H2,(H,20,21,22). The summed E-state index contributed by atoms with van der Waals surface area (Å²) in [4.78, 5) is 7.88. The smallest absolute Gasteiger partial charge is 0.224 e. The van der Waals surface area contributed by atoms with Crippen LogP contribution in [0.1, 0.15) is 5.56 Å². The van der Waals surface area contributed by atoms with Crippen LogP contribution in [0, 0.1) is 5.82 Å². The fourth-order valence-electron chi connectivity index (χ4n) is 1.94. The van der Waals surface area contributed by atoms with Gasteiger partial charge >= 0.3 is 0 Å². The van der Waals surface area contributed by atoms with E-state index in [0.29, 0.717) is 23.9 Å². The van der Waals surface area contributed by atoms with Crippen LogP contribution in [0.4, 0.5) is 10.2 Å². The number of nitrogens with zero attached hydrogens (tertiary/aromatic N) is 2. The summed E-state index contributed by atoms with van der Waals surface area (Å²) >= 11 is 5.73. The lowest BCUT2D eigenvalue weighted by molar-refractivity contribution is 0.480. The summed E-state index contributed by atoms with van der Waals surface area (Å²) in [5.74, 6) is 1.65. The van der Waals surface area contributed by atoms with E-state index < -0.39 is 0 Å². The van der Waals surface area contributed by atoms with Gasteiger partial charge in [-0.25, -0.2) is 14.4 Å². The maximum Gasteiger partial charge on any atom is 0.224 e. The fourth-order valence-corrected chi connectivity index (χ4v) is 2.09. The highest BCUT2D eigenvalue weighted by molar-refractivity contribution is 6.28. The van der Waals surface area contributed by atoms with Gasteiger partial charge in [-0.2, -0.15) is 0 Å².